The van der Waals surface area contributed by atoms with Gasteiger partial charge in [0.1, 0.15) is 0 Å². The third-order valence-corrected chi connectivity index (χ3v) is 3.04. The van der Waals surface area contributed by atoms with Gasteiger partial charge in [-0.1, -0.05) is 0 Å². The van der Waals surface area contributed by atoms with Crippen molar-refractivity contribution in [1.29, 1.82) is 0 Å². The Hall–Kier alpha value is -2.27. The van der Waals surface area contributed by atoms with Crippen LogP contribution in [0.15, 0.2) is 36.7 Å². The summed E-state index contributed by atoms with van der Waals surface area (Å²) in [5.74, 6) is 1.19. The lowest BCUT2D eigenvalue weighted by atomic mass is 10.2. The molecule has 0 atom stereocenters. The average Bonchev–Trinajstić information content (AvgIpc) is 3.05. The molecule has 0 saturated carbocycles. The summed E-state index contributed by atoms with van der Waals surface area (Å²) in [5.41, 5.74) is 7.11. The Morgan fingerprint density at radius 2 is 2.11 bits per heavy atom. The fourth-order valence-electron chi connectivity index (χ4n) is 2.06. The third-order valence-electron chi connectivity index (χ3n) is 3.04. The predicted molar refractivity (Wildman–Crippen MR) is 69.5 cm³/mol. The molecule has 1 aromatic carbocycles. The number of rotatable bonds is 3. The van der Waals surface area contributed by atoms with Gasteiger partial charge in [-0.3, -0.25) is 9.36 Å². The number of ether oxygens (including phenoxy) is 2. The minimum absolute atomic E-state index is 0.0958. The Morgan fingerprint density at radius 1 is 1.26 bits per heavy atom. The first-order chi connectivity index (χ1) is 9.28. The predicted octanol–water partition coefficient (Wildman–Crippen LogP) is 1.41. The van der Waals surface area contributed by atoms with Crippen LogP contribution in [-0.2, 0) is 6.42 Å². The van der Waals surface area contributed by atoms with E-state index in [0.29, 0.717) is 23.6 Å². The third kappa shape index (κ3) is 2.20. The average molecular weight is 258 g/mol. The number of hydrogen-bond donors (Lipinski definition) is 1. The summed E-state index contributed by atoms with van der Waals surface area (Å²) < 4.78 is 12.0. The van der Waals surface area contributed by atoms with E-state index in [2.05, 4.69) is 0 Å². The highest BCUT2D eigenvalue weighted by Crippen LogP contribution is 2.32. The molecule has 19 heavy (non-hydrogen) atoms. The fraction of sp³-hybridized carbons (Fsp3) is 0.214. The lowest BCUT2D eigenvalue weighted by molar-refractivity contribution is 0.0959. The van der Waals surface area contributed by atoms with Crippen molar-refractivity contribution in [1.82, 2.24) is 4.57 Å². The number of benzene rings is 1. The van der Waals surface area contributed by atoms with Crippen molar-refractivity contribution in [2.75, 3.05) is 13.3 Å². The number of aromatic nitrogens is 1. The van der Waals surface area contributed by atoms with Gasteiger partial charge in [0.15, 0.2) is 11.5 Å². The van der Waals surface area contributed by atoms with Crippen LogP contribution in [0, 0.1) is 0 Å². The van der Waals surface area contributed by atoms with Gasteiger partial charge >= 0.3 is 0 Å². The van der Waals surface area contributed by atoms with Crippen LogP contribution < -0.4 is 15.2 Å². The maximum Gasteiger partial charge on any atom is 0.261 e. The number of nitrogens with zero attached hydrogens (tertiary/aromatic N) is 1. The number of fused-ring (bicyclic) bond motifs is 1. The maximum absolute atomic E-state index is 12.3. The largest absolute Gasteiger partial charge is 0.454 e. The summed E-state index contributed by atoms with van der Waals surface area (Å²) in [5, 5.41) is 0. The second-order valence-corrected chi connectivity index (χ2v) is 4.34. The van der Waals surface area contributed by atoms with Gasteiger partial charge in [-0.2, -0.15) is 0 Å². The number of nitrogens with two attached hydrogens (primary N) is 1. The molecule has 5 nitrogen and oxygen atoms in total. The van der Waals surface area contributed by atoms with Crippen LogP contribution in [0.4, 0.5) is 0 Å². The second-order valence-electron chi connectivity index (χ2n) is 4.34. The molecular weight excluding hydrogens is 244 g/mol. The molecule has 0 amide bonds. The van der Waals surface area contributed by atoms with Crippen molar-refractivity contribution in [3.63, 3.8) is 0 Å². The highest BCUT2D eigenvalue weighted by atomic mass is 16.7. The monoisotopic (exact) mass is 258 g/mol. The van der Waals surface area contributed by atoms with Crippen molar-refractivity contribution in [2.45, 2.75) is 6.42 Å². The van der Waals surface area contributed by atoms with Crippen LogP contribution in [0.3, 0.4) is 0 Å². The zero-order chi connectivity index (χ0) is 13.2. The van der Waals surface area contributed by atoms with Crippen molar-refractivity contribution in [3.8, 4) is 11.5 Å². The zero-order valence-electron chi connectivity index (χ0n) is 10.3. The van der Waals surface area contributed by atoms with E-state index >= 15 is 0 Å². The van der Waals surface area contributed by atoms with E-state index in [1.807, 2.05) is 6.07 Å². The van der Waals surface area contributed by atoms with E-state index in [0.717, 1.165) is 12.0 Å². The molecule has 98 valence electrons. The summed E-state index contributed by atoms with van der Waals surface area (Å²) in [6, 6.07) is 7.09. The van der Waals surface area contributed by atoms with Gasteiger partial charge in [0.2, 0.25) is 6.79 Å². The molecule has 0 bridgehead atoms. The van der Waals surface area contributed by atoms with E-state index in [1.165, 1.54) is 0 Å². The van der Waals surface area contributed by atoms with E-state index in [-0.39, 0.29) is 12.7 Å². The quantitative estimate of drug-likeness (QED) is 0.903. The van der Waals surface area contributed by atoms with Crippen LogP contribution in [0.25, 0.3) is 0 Å². The summed E-state index contributed by atoms with van der Waals surface area (Å²) in [4.78, 5) is 12.3. The van der Waals surface area contributed by atoms with Crippen LogP contribution >= 0.6 is 0 Å². The lowest BCUT2D eigenvalue weighted by Gasteiger charge is -2.03. The molecule has 1 aromatic heterocycles. The van der Waals surface area contributed by atoms with E-state index in [1.54, 1.807) is 35.2 Å². The molecule has 0 unspecified atom stereocenters. The molecule has 0 fully saturated rings. The molecule has 0 aliphatic carbocycles. The SMILES string of the molecule is NCCc1ccn(C(=O)c2ccc3c(c2)OCO3)c1. The Balaban J connectivity index is 1.86. The standard InChI is InChI=1S/C14H14N2O3/c15-5-3-10-4-6-16(8-10)14(17)11-1-2-12-13(7-11)19-9-18-12/h1-2,4,6-8H,3,5,9,15H2. The Labute approximate surface area is 110 Å². The van der Waals surface area contributed by atoms with Crippen molar-refractivity contribution < 1.29 is 14.3 Å². The normalized spacial score (nSPS) is 12.7. The maximum atomic E-state index is 12.3. The molecular formula is C14H14N2O3. The fourth-order valence-corrected chi connectivity index (χ4v) is 2.06. The van der Waals surface area contributed by atoms with E-state index in [9.17, 15) is 4.79 Å². The number of carbonyl (C=O) groups is 1. The van der Waals surface area contributed by atoms with E-state index in [4.69, 9.17) is 15.2 Å². The molecule has 5 heteroatoms. The van der Waals surface area contributed by atoms with Gasteiger partial charge in [-0.25, -0.2) is 0 Å². The first-order valence-electron chi connectivity index (χ1n) is 6.09. The van der Waals surface area contributed by atoms with Crippen LogP contribution in [0.1, 0.15) is 15.9 Å². The van der Waals surface area contributed by atoms with Crippen LogP contribution in [-0.4, -0.2) is 23.8 Å². The topological polar surface area (TPSA) is 66.5 Å². The van der Waals surface area contributed by atoms with Gasteiger partial charge in [-0.05, 0) is 42.8 Å². The molecule has 2 N–H and O–H groups in total. The van der Waals surface area contributed by atoms with Crippen molar-refractivity contribution in [2.24, 2.45) is 5.73 Å². The lowest BCUT2D eigenvalue weighted by Crippen LogP contribution is -2.09. The highest BCUT2D eigenvalue weighted by Gasteiger charge is 2.17. The van der Waals surface area contributed by atoms with Crippen LogP contribution in [0.5, 0.6) is 11.5 Å². The number of carbonyl (C=O) groups excluding carboxylic acids is 1. The molecule has 2 heterocycles. The molecule has 0 spiro atoms. The highest BCUT2D eigenvalue weighted by molar-refractivity contribution is 5.96. The van der Waals surface area contributed by atoms with Crippen molar-refractivity contribution in [3.05, 3.63) is 47.8 Å². The molecule has 3 rings (SSSR count). The van der Waals surface area contributed by atoms with Gasteiger partial charge in [0.25, 0.3) is 5.91 Å². The zero-order valence-corrected chi connectivity index (χ0v) is 10.3. The summed E-state index contributed by atoms with van der Waals surface area (Å²) in [7, 11) is 0. The Morgan fingerprint density at radius 3 is 2.95 bits per heavy atom. The van der Waals surface area contributed by atoms with Crippen molar-refractivity contribution >= 4 is 5.91 Å². The Bertz CT molecular complexity index is 619. The van der Waals surface area contributed by atoms with Crippen LogP contribution in [0.2, 0.25) is 0 Å². The molecule has 0 radical (unpaired) electrons. The second kappa shape index (κ2) is 4.78. The smallest absolute Gasteiger partial charge is 0.261 e. The van der Waals surface area contributed by atoms with Gasteiger partial charge in [0.05, 0.1) is 0 Å². The van der Waals surface area contributed by atoms with Gasteiger partial charge < -0.3 is 15.2 Å². The molecule has 0 saturated heterocycles. The Kier molecular flexibility index (Phi) is 2.97. The minimum atomic E-state index is -0.0958. The molecule has 2 aromatic rings. The minimum Gasteiger partial charge on any atom is -0.454 e. The number of hydrogen-bond acceptors (Lipinski definition) is 4. The molecule has 1 aliphatic rings. The summed E-state index contributed by atoms with van der Waals surface area (Å²) in [6.07, 6.45) is 4.32. The summed E-state index contributed by atoms with van der Waals surface area (Å²) >= 11 is 0. The molecule has 1 aliphatic heterocycles. The van der Waals surface area contributed by atoms with E-state index < -0.39 is 0 Å². The van der Waals surface area contributed by atoms with Gasteiger partial charge in [-0.15, -0.1) is 0 Å². The first kappa shape index (κ1) is 11.8. The summed E-state index contributed by atoms with van der Waals surface area (Å²) in [6.45, 7) is 0.777. The first-order valence-corrected chi connectivity index (χ1v) is 6.09. The van der Waals surface area contributed by atoms with Gasteiger partial charge in [0, 0.05) is 18.0 Å².